The Hall–Kier alpha value is -1.75. The van der Waals surface area contributed by atoms with Crippen LogP contribution >= 0.6 is 0 Å². The van der Waals surface area contributed by atoms with Crippen LogP contribution in [-0.4, -0.2) is 29.3 Å². The van der Waals surface area contributed by atoms with E-state index in [-0.39, 0.29) is 36.8 Å². The Labute approximate surface area is 98.4 Å². The van der Waals surface area contributed by atoms with Crippen molar-refractivity contribution in [2.45, 2.75) is 19.5 Å². The van der Waals surface area contributed by atoms with Gasteiger partial charge in [0.25, 0.3) is 0 Å². The van der Waals surface area contributed by atoms with Crippen molar-refractivity contribution in [3.8, 4) is 0 Å². The SMILES string of the molecule is CC1NCC(=O)N(Cc2cccc(F)c2)C1=O. The molecule has 1 heterocycles. The van der Waals surface area contributed by atoms with Crippen LogP contribution in [0.25, 0.3) is 0 Å². The monoisotopic (exact) mass is 236 g/mol. The topological polar surface area (TPSA) is 49.4 Å². The molecule has 1 aliphatic heterocycles. The summed E-state index contributed by atoms with van der Waals surface area (Å²) in [7, 11) is 0. The van der Waals surface area contributed by atoms with E-state index in [0.717, 1.165) is 4.90 Å². The Morgan fingerprint density at radius 1 is 1.47 bits per heavy atom. The van der Waals surface area contributed by atoms with Crippen molar-refractivity contribution in [2.24, 2.45) is 0 Å². The highest BCUT2D eigenvalue weighted by molar-refractivity contribution is 6.00. The van der Waals surface area contributed by atoms with Crippen molar-refractivity contribution in [2.75, 3.05) is 6.54 Å². The summed E-state index contributed by atoms with van der Waals surface area (Å²) in [4.78, 5) is 24.5. The minimum atomic E-state index is -0.374. The van der Waals surface area contributed by atoms with Gasteiger partial charge in [-0.25, -0.2) is 4.39 Å². The van der Waals surface area contributed by atoms with Gasteiger partial charge in [-0.2, -0.15) is 0 Å². The van der Waals surface area contributed by atoms with Gasteiger partial charge in [-0.15, -0.1) is 0 Å². The van der Waals surface area contributed by atoms with Gasteiger partial charge in [-0.3, -0.25) is 19.8 Å². The lowest BCUT2D eigenvalue weighted by Crippen LogP contribution is -2.56. The van der Waals surface area contributed by atoms with Crippen LogP contribution in [0.2, 0.25) is 0 Å². The van der Waals surface area contributed by atoms with E-state index < -0.39 is 0 Å². The second kappa shape index (κ2) is 4.63. The second-order valence-corrected chi connectivity index (χ2v) is 4.05. The molecule has 2 amide bonds. The van der Waals surface area contributed by atoms with Crippen LogP contribution < -0.4 is 5.32 Å². The van der Waals surface area contributed by atoms with Crippen molar-refractivity contribution in [1.29, 1.82) is 0 Å². The molecule has 1 atom stereocenters. The van der Waals surface area contributed by atoms with Crippen LogP contribution in [0.5, 0.6) is 0 Å². The number of hydrogen-bond donors (Lipinski definition) is 1. The van der Waals surface area contributed by atoms with Gasteiger partial charge >= 0.3 is 0 Å². The van der Waals surface area contributed by atoms with Gasteiger partial charge in [-0.1, -0.05) is 12.1 Å². The second-order valence-electron chi connectivity index (χ2n) is 4.05. The van der Waals surface area contributed by atoms with Gasteiger partial charge in [0.2, 0.25) is 11.8 Å². The number of amides is 2. The Balaban J connectivity index is 2.16. The summed E-state index contributed by atoms with van der Waals surface area (Å²) in [5, 5.41) is 2.79. The third-order valence-corrected chi connectivity index (χ3v) is 2.73. The first-order valence-electron chi connectivity index (χ1n) is 5.40. The van der Waals surface area contributed by atoms with E-state index >= 15 is 0 Å². The predicted molar refractivity (Wildman–Crippen MR) is 59.4 cm³/mol. The smallest absolute Gasteiger partial charge is 0.246 e. The number of nitrogens with zero attached hydrogens (tertiary/aromatic N) is 1. The first-order valence-corrected chi connectivity index (χ1v) is 5.40. The number of rotatable bonds is 2. The van der Waals surface area contributed by atoms with Crippen LogP contribution in [-0.2, 0) is 16.1 Å². The average molecular weight is 236 g/mol. The van der Waals surface area contributed by atoms with Gasteiger partial charge in [0.1, 0.15) is 5.82 Å². The molecule has 0 aliphatic carbocycles. The maximum atomic E-state index is 13.0. The van der Waals surface area contributed by atoms with Gasteiger partial charge in [0, 0.05) is 0 Å². The Kier molecular flexibility index (Phi) is 3.19. The third kappa shape index (κ3) is 2.50. The molecule has 0 spiro atoms. The summed E-state index contributed by atoms with van der Waals surface area (Å²) in [6.07, 6.45) is 0. The van der Waals surface area contributed by atoms with Crippen LogP contribution in [0.15, 0.2) is 24.3 Å². The van der Waals surface area contributed by atoms with Crippen LogP contribution in [0.1, 0.15) is 12.5 Å². The Morgan fingerprint density at radius 3 is 2.94 bits per heavy atom. The standard InChI is InChI=1S/C12H13FN2O2/c1-8-12(17)15(11(16)6-14-8)7-9-3-2-4-10(13)5-9/h2-5,8,14H,6-7H2,1H3. The lowest BCUT2D eigenvalue weighted by molar-refractivity contribution is -0.149. The molecule has 1 aliphatic rings. The molecule has 0 radical (unpaired) electrons. The van der Waals surface area contributed by atoms with Crippen molar-refractivity contribution in [1.82, 2.24) is 10.2 Å². The summed E-state index contributed by atoms with van der Waals surface area (Å²) in [5.74, 6) is -0.923. The molecule has 1 saturated heterocycles. The summed E-state index contributed by atoms with van der Waals surface area (Å²) < 4.78 is 13.0. The summed E-state index contributed by atoms with van der Waals surface area (Å²) in [6, 6.07) is 5.53. The van der Waals surface area contributed by atoms with Crippen LogP contribution in [0.4, 0.5) is 4.39 Å². The molecule has 90 valence electrons. The number of carbonyl (C=O) groups excluding carboxylic acids is 2. The van der Waals surface area contributed by atoms with E-state index in [2.05, 4.69) is 5.32 Å². The molecular formula is C12H13FN2O2. The fraction of sp³-hybridized carbons (Fsp3) is 0.333. The zero-order chi connectivity index (χ0) is 12.4. The number of piperazine rings is 1. The predicted octanol–water partition coefficient (Wildman–Crippen LogP) is 0.673. The van der Waals surface area contributed by atoms with E-state index in [1.165, 1.54) is 12.1 Å². The molecule has 1 unspecified atom stereocenters. The van der Waals surface area contributed by atoms with E-state index in [4.69, 9.17) is 0 Å². The van der Waals surface area contributed by atoms with E-state index in [0.29, 0.717) is 5.56 Å². The van der Waals surface area contributed by atoms with Crippen molar-refractivity contribution in [3.05, 3.63) is 35.6 Å². The first-order chi connectivity index (χ1) is 8.08. The third-order valence-electron chi connectivity index (χ3n) is 2.73. The normalized spacial score (nSPS) is 20.8. The van der Waals surface area contributed by atoms with Crippen molar-refractivity contribution < 1.29 is 14.0 Å². The maximum Gasteiger partial charge on any atom is 0.246 e. The quantitative estimate of drug-likeness (QED) is 0.768. The number of benzene rings is 1. The van der Waals surface area contributed by atoms with E-state index in [1.807, 2.05) is 0 Å². The molecule has 0 aromatic heterocycles. The number of nitrogens with one attached hydrogen (secondary N) is 1. The molecular weight excluding hydrogens is 223 g/mol. The summed E-state index contributed by atoms with van der Waals surface area (Å²) in [5.41, 5.74) is 0.612. The molecule has 2 rings (SSSR count). The minimum Gasteiger partial charge on any atom is -0.298 e. The first kappa shape index (κ1) is 11.7. The van der Waals surface area contributed by atoms with Crippen LogP contribution in [0.3, 0.4) is 0 Å². The number of halogens is 1. The molecule has 1 aromatic carbocycles. The van der Waals surface area contributed by atoms with Crippen LogP contribution in [0, 0.1) is 5.82 Å². The minimum absolute atomic E-state index is 0.126. The highest BCUT2D eigenvalue weighted by Gasteiger charge is 2.30. The zero-order valence-corrected chi connectivity index (χ0v) is 9.44. The van der Waals surface area contributed by atoms with Gasteiger partial charge < -0.3 is 0 Å². The van der Waals surface area contributed by atoms with Gasteiger partial charge in [0.15, 0.2) is 0 Å². The van der Waals surface area contributed by atoms with E-state index in [9.17, 15) is 14.0 Å². The zero-order valence-electron chi connectivity index (χ0n) is 9.44. The maximum absolute atomic E-state index is 13.0. The average Bonchev–Trinajstić information content (AvgIpc) is 2.30. The van der Waals surface area contributed by atoms with Crippen molar-refractivity contribution >= 4 is 11.8 Å². The lowest BCUT2D eigenvalue weighted by Gasteiger charge is -2.29. The molecule has 1 aromatic rings. The van der Waals surface area contributed by atoms with Gasteiger partial charge in [-0.05, 0) is 24.6 Å². The molecule has 0 saturated carbocycles. The molecule has 4 nitrogen and oxygen atoms in total. The molecule has 1 N–H and O–H groups in total. The fourth-order valence-electron chi connectivity index (χ4n) is 1.76. The fourth-order valence-corrected chi connectivity index (χ4v) is 1.76. The molecule has 5 heteroatoms. The largest absolute Gasteiger partial charge is 0.298 e. The highest BCUT2D eigenvalue weighted by atomic mass is 19.1. The highest BCUT2D eigenvalue weighted by Crippen LogP contribution is 2.11. The number of carbonyl (C=O) groups is 2. The van der Waals surface area contributed by atoms with Crippen molar-refractivity contribution in [3.63, 3.8) is 0 Å². The van der Waals surface area contributed by atoms with E-state index in [1.54, 1.807) is 19.1 Å². The number of imide groups is 1. The Bertz CT molecular complexity index is 462. The number of hydrogen-bond acceptors (Lipinski definition) is 3. The van der Waals surface area contributed by atoms with Gasteiger partial charge in [0.05, 0.1) is 19.1 Å². The summed E-state index contributed by atoms with van der Waals surface area (Å²) in [6.45, 7) is 1.97. The molecule has 17 heavy (non-hydrogen) atoms. The lowest BCUT2D eigenvalue weighted by atomic mass is 10.1. The molecule has 1 fully saturated rings. The Morgan fingerprint density at radius 2 is 2.24 bits per heavy atom. The summed E-state index contributed by atoms with van der Waals surface area (Å²) >= 11 is 0. The molecule has 0 bridgehead atoms.